The van der Waals surface area contributed by atoms with Crippen molar-refractivity contribution in [2.45, 2.75) is 156 Å². The van der Waals surface area contributed by atoms with Crippen LogP contribution in [0, 0.1) is 41.5 Å². The first-order valence-electron chi connectivity index (χ1n) is 26.1. The number of carbonyl (C=O) groups is 3. The van der Waals surface area contributed by atoms with E-state index >= 15 is 0 Å². The summed E-state index contributed by atoms with van der Waals surface area (Å²) < 4.78 is 60.1. The van der Waals surface area contributed by atoms with E-state index in [0.29, 0.717) is 36.2 Å². The van der Waals surface area contributed by atoms with Gasteiger partial charge >= 0.3 is 12.1 Å². The zero-order chi connectivity index (χ0) is 55.2. The fourth-order valence-corrected chi connectivity index (χ4v) is 11.3. The number of carboxylic acid groups (broad SMARTS) is 1. The van der Waals surface area contributed by atoms with E-state index in [9.17, 15) is 31.2 Å². The Kier molecular flexibility index (Phi) is 15.9. The summed E-state index contributed by atoms with van der Waals surface area (Å²) >= 11 is 0. The fraction of sp³-hybridized carbons (Fsp3) is 0.509. The molecule has 2 aliphatic carbocycles. The van der Waals surface area contributed by atoms with Gasteiger partial charge in [-0.25, -0.2) is 45.4 Å². The van der Waals surface area contributed by atoms with Crippen LogP contribution in [0.5, 0.6) is 0 Å². The van der Waals surface area contributed by atoms with Crippen LogP contribution in [0.2, 0.25) is 0 Å². The van der Waals surface area contributed by atoms with Gasteiger partial charge in [0.05, 0.1) is 69.9 Å². The summed E-state index contributed by atoms with van der Waals surface area (Å²) in [5, 5.41) is 18.8. The molecule has 0 radical (unpaired) electrons. The standard InChI is InChI=1S/C25H31N5O3S.C21H30N4O2.C9H11NO4S/c1-15-8-11-20(28-34(4,32)33)19(13-15)25(31)29-12-6-5-7-22(29)21-14-23-26-17(3)16(2)24(18-9-10-18)30(23)27-21;1-13-14(2)22-18-12-16(23-25(18)19(13)15-9-10-15)17-8-6-7-11-24(17)20(26)27-21(3,4)5;1-6-3-4-8(10-15(2,13)14)7(5-6)9(11)12/h8,11,13-14,18,22,28H,5-7,9-10,12H2,1-4H3;12,15,17H,6-11H2,1-5H3;3-5,10H,1-2H3,(H,11,12)/t22-;17-;/m00./s1. The van der Waals surface area contributed by atoms with Crippen LogP contribution in [0.3, 0.4) is 0 Å². The van der Waals surface area contributed by atoms with Crippen molar-refractivity contribution in [2.75, 3.05) is 35.0 Å². The number of rotatable bonds is 10. The summed E-state index contributed by atoms with van der Waals surface area (Å²) in [6.07, 6.45) is 12.4. The summed E-state index contributed by atoms with van der Waals surface area (Å²) in [4.78, 5) is 50.6. The first-order chi connectivity index (χ1) is 35.7. The van der Waals surface area contributed by atoms with Crippen LogP contribution in [0.25, 0.3) is 11.3 Å². The van der Waals surface area contributed by atoms with Crippen LogP contribution in [-0.2, 0) is 24.8 Å². The van der Waals surface area contributed by atoms with Gasteiger partial charge in [0.25, 0.3) is 5.91 Å². The molecule has 19 nitrogen and oxygen atoms in total. The summed E-state index contributed by atoms with van der Waals surface area (Å²) in [6.45, 7) is 19.0. The Morgan fingerprint density at radius 3 is 1.45 bits per heavy atom. The van der Waals surface area contributed by atoms with Crippen molar-refractivity contribution < 1.29 is 41.1 Å². The van der Waals surface area contributed by atoms with Crippen LogP contribution in [0.1, 0.15) is 186 Å². The fourth-order valence-electron chi connectivity index (χ4n) is 10.2. The minimum absolute atomic E-state index is 0.0389. The second-order valence-electron chi connectivity index (χ2n) is 22.0. The number of benzene rings is 2. The molecule has 3 N–H and O–H groups in total. The number of aryl methyl sites for hydroxylation is 4. The predicted octanol–water partition coefficient (Wildman–Crippen LogP) is 10.0. The molecular formula is C55H72N10O9S2. The molecule has 2 atom stereocenters. The summed E-state index contributed by atoms with van der Waals surface area (Å²) in [7, 11) is -6.98. The van der Waals surface area contributed by atoms with Crippen molar-refractivity contribution in [2.24, 2.45) is 0 Å². The third-order valence-electron chi connectivity index (χ3n) is 14.2. The van der Waals surface area contributed by atoms with Crippen LogP contribution < -0.4 is 9.44 Å². The lowest BCUT2D eigenvalue weighted by molar-refractivity contribution is 0.00893. The highest BCUT2D eigenvalue weighted by atomic mass is 32.2. The quantitative estimate of drug-likeness (QED) is 0.116. The Balaban J connectivity index is 0.000000163. The van der Waals surface area contributed by atoms with Crippen LogP contribution in [0.4, 0.5) is 16.2 Å². The van der Waals surface area contributed by atoms with E-state index in [2.05, 4.69) is 36.3 Å². The highest BCUT2D eigenvalue weighted by Crippen LogP contribution is 2.44. The van der Waals surface area contributed by atoms with Gasteiger partial charge in [0.15, 0.2) is 11.3 Å². The number of fused-ring (bicyclic) bond motifs is 2. The highest BCUT2D eigenvalue weighted by Gasteiger charge is 2.37. The van der Waals surface area contributed by atoms with E-state index in [0.717, 1.165) is 96.2 Å². The molecule has 6 aromatic rings. The minimum Gasteiger partial charge on any atom is -0.478 e. The van der Waals surface area contributed by atoms with Crippen LogP contribution in [0.15, 0.2) is 48.5 Å². The molecule has 6 heterocycles. The van der Waals surface area contributed by atoms with Gasteiger partial charge in [-0.15, -0.1) is 0 Å². The van der Waals surface area contributed by atoms with Crippen LogP contribution in [-0.4, -0.2) is 110 Å². The average molecular weight is 1080 g/mol. The molecule has 2 saturated carbocycles. The first kappa shape index (κ1) is 55.6. The van der Waals surface area contributed by atoms with Gasteiger partial charge in [0.2, 0.25) is 20.0 Å². The number of aromatic carboxylic acids is 1. The Hall–Kier alpha value is -6.61. The van der Waals surface area contributed by atoms with Crippen molar-refractivity contribution in [3.05, 3.63) is 116 Å². The number of hydrogen-bond donors (Lipinski definition) is 3. The van der Waals surface area contributed by atoms with E-state index in [1.165, 1.54) is 60.3 Å². The zero-order valence-corrected chi connectivity index (χ0v) is 47.2. The maximum atomic E-state index is 13.8. The zero-order valence-electron chi connectivity index (χ0n) is 45.5. The third kappa shape index (κ3) is 13.1. The molecule has 408 valence electrons. The number of aromatic nitrogens is 6. The van der Waals surface area contributed by atoms with Crippen molar-refractivity contribution in [3.63, 3.8) is 0 Å². The van der Waals surface area contributed by atoms with Gasteiger partial charge in [-0.1, -0.05) is 23.3 Å². The Bertz CT molecular complexity index is 3450. The van der Waals surface area contributed by atoms with E-state index in [-0.39, 0.29) is 35.3 Å². The SMILES string of the molecule is Cc1ccc(NS(C)(=O)=O)c(C(=O)N2CCCC[C@H]2c2cc3nc(C)c(C)c(C4CC4)n3n2)c1.Cc1ccc(NS(C)(=O)=O)c(C(=O)O)c1.Cc1nc2cc([C@@H]3CCCCN3C(=O)OC(C)(C)C)nn2c(C2CC2)c1C. The number of amides is 2. The van der Waals surface area contributed by atoms with E-state index < -0.39 is 31.6 Å². The lowest BCUT2D eigenvalue weighted by Crippen LogP contribution is -2.42. The molecule has 2 aromatic carbocycles. The second-order valence-corrected chi connectivity index (χ2v) is 25.5. The maximum absolute atomic E-state index is 13.8. The molecule has 0 bridgehead atoms. The normalized spacial score (nSPS) is 18.1. The number of hydrogen-bond acceptors (Lipinski definition) is 12. The second kappa shape index (κ2) is 21.8. The molecule has 2 aliphatic heterocycles. The van der Waals surface area contributed by atoms with Gasteiger partial charge in [0, 0.05) is 48.4 Å². The predicted molar refractivity (Wildman–Crippen MR) is 292 cm³/mol. The maximum Gasteiger partial charge on any atom is 0.410 e. The summed E-state index contributed by atoms with van der Waals surface area (Å²) in [5.41, 5.74) is 12.4. The highest BCUT2D eigenvalue weighted by molar-refractivity contribution is 7.92. The molecule has 76 heavy (non-hydrogen) atoms. The molecule has 0 unspecified atom stereocenters. The summed E-state index contributed by atoms with van der Waals surface area (Å²) in [6, 6.07) is 13.6. The third-order valence-corrected chi connectivity index (χ3v) is 15.4. The van der Waals surface area contributed by atoms with Crippen molar-refractivity contribution >= 4 is 60.7 Å². The van der Waals surface area contributed by atoms with Crippen molar-refractivity contribution in [3.8, 4) is 0 Å². The number of piperidine rings is 2. The molecule has 4 fully saturated rings. The van der Waals surface area contributed by atoms with E-state index in [1.54, 1.807) is 31.2 Å². The van der Waals surface area contributed by atoms with Gasteiger partial charge in [-0.2, -0.15) is 10.2 Å². The van der Waals surface area contributed by atoms with Gasteiger partial charge in [0.1, 0.15) is 5.60 Å². The van der Waals surface area contributed by atoms with Crippen molar-refractivity contribution in [1.29, 1.82) is 0 Å². The monoisotopic (exact) mass is 1080 g/mol. The van der Waals surface area contributed by atoms with Crippen LogP contribution >= 0.6 is 0 Å². The molecular weight excluding hydrogens is 1010 g/mol. The number of nitrogens with zero attached hydrogens (tertiary/aromatic N) is 8. The Morgan fingerprint density at radius 2 is 1.03 bits per heavy atom. The van der Waals surface area contributed by atoms with E-state index in [4.69, 9.17) is 30.0 Å². The molecule has 2 amide bonds. The first-order valence-corrected chi connectivity index (χ1v) is 29.9. The molecule has 10 rings (SSSR count). The lowest BCUT2D eigenvalue weighted by Gasteiger charge is -2.35. The van der Waals surface area contributed by atoms with Crippen molar-refractivity contribution in [1.82, 2.24) is 39.0 Å². The number of carbonyl (C=O) groups excluding carboxylic acids is 2. The number of carboxylic acids is 1. The van der Waals surface area contributed by atoms with Gasteiger partial charge in [-0.05, 0) is 162 Å². The molecule has 4 aliphatic rings. The number of likely N-dealkylation sites (tertiary alicyclic amines) is 2. The number of nitrogens with one attached hydrogen (secondary N) is 2. The topological polar surface area (TPSA) is 240 Å². The molecule has 2 saturated heterocycles. The molecule has 0 spiro atoms. The number of ether oxygens (including phenoxy) is 1. The number of sulfonamides is 2. The lowest BCUT2D eigenvalue weighted by atomic mass is 9.97. The van der Waals surface area contributed by atoms with E-state index in [1.807, 2.05) is 59.5 Å². The molecule has 4 aromatic heterocycles. The number of anilines is 2. The van der Waals surface area contributed by atoms with Gasteiger partial charge in [-0.3, -0.25) is 19.1 Å². The van der Waals surface area contributed by atoms with Gasteiger partial charge < -0.3 is 14.7 Å². The minimum atomic E-state index is -3.52. The largest absolute Gasteiger partial charge is 0.478 e. The summed E-state index contributed by atoms with van der Waals surface area (Å²) in [5.74, 6) is -0.225. The average Bonchev–Trinajstić information content (AvgIpc) is 4.30. The molecule has 21 heteroatoms. The Morgan fingerprint density at radius 1 is 0.605 bits per heavy atom. The Labute approximate surface area is 445 Å². The smallest absolute Gasteiger partial charge is 0.410 e.